The smallest absolute Gasteiger partial charge is 0.248 e. The molecule has 0 aliphatic rings. The lowest BCUT2D eigenvalue weighted by atomic mass is 10.1. The van der Waals surface area contributed by atoms with Gasteiger partial charge in [-0.05, 0) is 55.8 Å². The largest absolute Gasteiger partial charge is 0.495 e. The number of carbonyl (C=O) groups is 1. The number of hydrogen-bond donors (Lipinski definition) is 1. The number of rotatable bonds is 9. The fourth-order valence-electron chi connectivity index (χ4n) is 2.90. The van der Waals surface area contributed by atoms with Crippen LogP contribution in [0.15, 0.2) is 42.5 Å². The van der Waals surface area contributed by atoms with E-state index in [1.807, 2.05) is 6.92 Å². The van der Waals surface area contributed by atoms with Crippen LogP contribution in [-0.4, -0.2) is 40.3 Å². The van der Waals surface area contributed by atoms with Gasteiger partial charge in [0.1, 0.15) is 17.5 Å². The number of carbonyl (C=O) groups excluding carboxylic acids is 1. The van der Waals surface area contributed by atoms with Crippen molar-refractivity contribution in [3.63, 3.8) is 0 Å². The van der Waals surface area contributed by atoms with Crippen molar-refractivity contribution in [3.05, 3.63) is 47.5 Å². The highest BCUT2D eigenvalue weighted by molar-refractivity contribution is 7.92. The Hall–Kier alpha value is -2.45. The Kier molecular flexibility index (Phi) is 7.75. The molecule has 29 heavy (non-hydrogen) atoms. The highest BCUT2D eigenvalue weighted by atomic mass is 35.5. The van der Waals surface area contributed by atoms with Crippen molar-refractivity contribution in [2.75, 3.05) is 29.6 Å². The summed E-state index contributed by atoms with van der Waals surface area (Å²) in [5, 5.41) is 3.09. The predicted molar refractivity (Wildman–Crippen MR) is 116 cm³/mol. The first-order valence-corrected chi connectivity index (χ1v) is 11.3. The van der Waals surface area contributed by atoms with E-state index in [2.05, 4.69) is 5.32 Å². The zero-order chi connectivity index (χ0) is 21.6. The average molecular weight is 441 g/mol. The predicted octanol–water partition coefficient (Wildman–Crippen LogP) is 3.93. The molecule has 0 bridgehead atoms. The van der Waals surface area contributed by atoms with E-state index in [0.717, 1.165) is 10.6 Å². The van der Waals surface area contributed by atoms with E-state index >= 15 is 0 Å². The van der Waals surface area contributed by atoms with Crippen molar-refractivity contribution in [1.29, 1.82) is 0 Å². The number of halogens is 1. The Balaban J connectivity index is 2.38. The van der Waals surface area contributed by atoms with Crippen molar-refractivity contribution >= 4 is 38.9 Å². The van der Waals surface area contributed by atoms with Crippen LogP contribution in [0.2, 0.25) is 5.02 Å². The Bertz CT molecular complexity index is 948. The second-order valence-electron chi connectivity index (χ2n) is 6.25. The maximum Gasteiger partial charge on any atom is 0.248 e. The first-order valence-electron chi connectivity index (χ1n) is 9.07. The van der Waals surface area contributed by atoms with E-state index in [1.54, 1.807) is 43.3 Å². The molecule has 9 heteroatoms. The normalized spacial score (nSPS) is 12.2. The number of hydrogen-bond acceptors (Lipinski definition) is 5. The molecule has 0 saturated carbocycles. The highest BCUT2D eigenvalue weighted by Gasteiger charge is 2.33. The van der Waals surface area contributed by atoms with E-state index in [1.165, 1.54) is 13.2 Å². The Morgan fingerprint density at radius 1 is 1.17 bits per heavy atom. The molecular weight excluding hydrogens is 416 g/mol. The van der Waals surface area contributed by atoms with Crippen molar-refractivity contribution in [3.8, 4) is 11.5 Å². The van der Waals surface area contributed by atoms with Crippen molar-refractivity contribution in [2.45, 2.75) is 26.3 Å². The van der Waals surface area contributed by atoms with E-state index in [-0.39, 0.29) is 12.1 Å². The number of methoxy groups -OCH3 is 1. The third-order valence-corrected chi connectivity index (χ3v) is 5.54. The summed E-state index contributed by atoms with van der Waals surface area (Å²) < 4.78 is 37.0. The van der Waals surface area contributed by atoms with E-state index < -0.39 is 22.0 Å². The zero-order valence-electron chi connectivity index (χ0n) is 16.8. The van der Waals surface area contributed by atoms with Gasteiger partial charge < -0.3 is 14.8 Å². The number of nitrogens with zero attached hydrogens (tertiary/aromatic N) is 1. The first-order chi connectivity index (χ1) is 13.7. The van der Waals surface area contributed by atoms with Crippen LogP contribution >= 0.6 is 11.6 Å². The number of anilines is 2. The standard InChI is InChI=1S/C20H25ClN2O5S/c1-5-17(20(24)22-15-8-10-16(11-9-15)28-6-2)23(29(4,25)26)18-13-14(21)7-12-19(18)27-3/h7-13,17H,5-6H2,1-4H3,(H,22,24)/t17-/m0/s1. The SMILES string of the molecule is CCOc1ccc(NC(=O)[C@H](CC)N(c2cc(Cl)ccc2OC)S(C)(=O)=O)cc1. The summed E-state index contributed by atoms with van der Waals surface area (Å²) in [5.74, 6) is 0.509. The first kappa shape index (κ1) is 22.8. The Morgan fingerprint density at radius 2 is 1.83 bits per heavy atom. The van der Waals surface area contributed by atoms with E-state index in [0.29, 0.717) is 28.8 Å². The van der Waals surface area contributed by atoms with Crippen LogP contribution in [0.3, 0.4) is 0 Å². The Morgan fingerprint density at radius 3 is 2.34 bits per heavy atom. The van der Waals surface area contributed by atoms with Gasteiger partial charge in [-0.1, -0.05) is 18.5 Å². The monoisotopic (exact) mass is 440 g/mol. The molecular formula is C20H25ClN2O5S. The molecule has 0 spiro atoms. The van der Waals surface area contributed by atoms with Gasteiger partial charge in [0, 0.05) is 10.7 Å². The molecule has 1 N–H and O–H groups in total. The van der Waals surface area contributed by atoms with Gasteiger partial charge >= 0.3 is 0 Å². The summed E-state index contributed by atoms with van der Waals surface area (Å²) in [6, 6.07) is 10.5. The summed E-state index contributed by atoms with van der Waals surface area (Å²) in [4.78, 5) is 13.0. The molecule has 0 heterocycles. The van der Waals surface area contributed by atoms with Crippen LogP contribution in [-0.2, 0) is 14.8 Å². The maximum atomic E-state index is 13.0. The lowest BCUT2D eigenvalue weighted by Gasteiger charge is -2.31. The lowest BCUT2D eigenvalue weighted by Crippen LogP contribution is -2.47. The topological polar surface area (TPSA) is 84.9 Å². The molecule has 2 aromatic carbocycles. The lowest BCUT2D eigenvalue weighted by molar-refractivity contribution is -0.117. The molecule has 0 radical (unpaired) electrons. The fourth-order valence-corrected chi connectivity index (χ4v) is 4.27. The molecule has 0 fully saturated rings. The van der Waals surface area contributed by atoms with Gasteiger partial charge in [-0.2, -0.15) is 0 Å². The summed E-state index contributed by atoms with van der Waals surface area (Å²) in [7, 11) is -2.39. The van der Waals surface area contributed by atoms with Crippen molar-refractivity contribution in [1.82, 2.24) is 0 Å². The number of ether oxygens (including phenoxy) is 2. The molecule has 0 saturated heterocycles. The number of sulfonamides is 1. The fraction of sp³-hybridized carbons (Fsp3) is 0.350. The van der Waals surface area contributed by atoms with Gasteiger partial charge in [0.2, 0.25) is 15.9 Å². The van der Waals surface area contributed by atoms with Gasteiger partial charge in [0.25, 0.3) is 0 Å². The van der Waals surface area contributed by atoms with Gasteiger partial charge in [0.15, 0.2) is 0 Å². The quantitative estimate of drug-likeness (QED) is 0.638. The molecule has 2 rings (SSSR count). The third kappa shape index (κ3) is 5.77. The zero-order valence-corrected chi connectivity index (χ0v) is 18.4. The molecule has 0 aliphatic heterocycles. The molecule has 1 amide bonds. The number of nitrogens with one attached hydrogen (secondary N) is 1. The van der Waals surface area contributed by atoms with Crippen LogP contribution in [0.5, 0.6) is 11.5 Å². The van der Waals surface area contributed by atoms with Crippen LogP contribution in [0.1, 0.15) is 20.3 Å². The van der Waals surface area contributed by atoms with Crippen molar-refractivity contribution in [2.24, 2.45) is 0 Å². The van der Waals surface area contributed by atoms with Crippen LogP contribution < -0.4 is 19.1 Å². The highest BCUT2D eigenvalue weighted by Crippen LogP contribution is 2.35. The number of benzene rings is 2. The van der Waals surface area contributed by atoms with Crippen molar-refractivity contribution < 1.29 is 22.7 Å². The van der Waals surface area contributed by atoms with Gasteiger partial charge in [-0.25, -0.2) is 8.42 Å². The maximum absolute atomic E-state index is 13.0. The molecule has 0 aromatic heterocycles. The molecule has 0 aliphatic carbocycles. The van der Waals surface area contributed by atoms with Crippen LogP contribution in [0.25, 0.3) is 0 Å². The average Bonchev–Trinajstić information content (AvgIpc) is 2.66. The second-order valence-corrected chi connectivity index (χ2v) is 8.54. The number of amides is 1. The minimum absolute atomic E-state index is 0.205. The minimum atomic E-state index is -3.82. The van der Waals surface area contributed by atoms with E-state index in [4.69, 9.17) is 21.1 Å². The summed E-state index contributed by atoms with van der Waals surface area (Å²) in [6.07, 6.45) is 1.28. The molecule has 2 aromatic rings. The Labute approximate surface area is 176 Å². The van der Waals surface area contributed by atoms with Gasteiger partial charge in [0.05, 0.1) is 25.7 Å². The third-order valence-electron chi connectivity index (χ3n) is 4.14. The molecule has 0 unspecified atom stereocenters. The van der Waals surface area contributed by atoms with Gasteiger partial charge in [-0.15, -0.1) is 0 Å². The van der Waals surface area contributed by atoms with Crippen LogP contribution in [0, 0.1) is 0 Å². The van der Waals surface area contributed by atoms with Crippen LogP contribution in [0.4, 0.5) is 11.4 Å². The summed E-state index contributed by atoms with van der Waals surface area (Å²) in [5.41, 5.74) is 0.736. The van der Waals surface area contributed by atoms with Gasteiger partial charge in [-0.3, -0.25) is 9.10 Å². The molecule has 1 atom stereocenters. The summed E-state index contributed by atoms with van der Waals surface area (Å²) >= 11 is 6.08. The molecule has 158 valence electrons. The molecule has 7 nitrogen and oxygen atoms in total. The van der Waals surface area contributed by atoms with E-state index in [9.17, 15) is 13.2 Å². The summed E-state index contributed by atoms with van der Waals surface area (Å²) in [6.45, 7) is 4.15. The second kappa shape index (κ2) is 9.84. The minimum Gasteiger partial charge on any atom is -0.495 e.